The molecular weight excluding hydrogens is 496 g/mol. The Hall–Kier alpha value is -4.46. The molecule has 8 heteroatoms. The van der Waals surface area contributed by atoms with Gasteiger partial charge in [-0.2, -0.15) is 0 Å². The summed E-state index contributed by atoms with van der Waals surface area (Å²) >= 11 is 0. The highest BCUT2D eigenvalue weighted by atomic mass is 16.7. The van der Waals surface area contributed by atoms with Crippen molar-refractivity contribution in [2.75, 3.05) is 21.0 Å². The van der Waals surface area contributed by atoms with Gasteiger partial charge in [0.2, 0.25) is 18.6 Å². The van der Waals surface area contributed by atoms with Crippen molar-refractivity contribution in [1.29, 1.82) is 0 Å². The highest BCUT2D eigenvalue weighted by Crippen LogP contribution is 2.36. The first-order valence-corrected chi connectivity index (χ1v) is 13.0. The lowest BCUT2D eigenvalue weighted by Crippen LogP contribution is -2.37. The van der Waals surface area contributed by atoms with Crippen LogP contribution >= 0.6 is 0 Å². The van der Waals surface area contributed by atoms with Crippen molar-refractivity contribution in [3.05, 3.63) is 95.6 Å². The van der Waals surface area contributed by atoms with Gasteiger partial charge in [-0.1, -0.05) is 48.6 Å². The molecule has 202 valence electrons. The molecule has 0 bridgehead atoms. The standard InChI is InChI=1S/C31H32N2O6/c1-36-22-13-14-23(28(17-22)37-2)26-11-7-6-10-25(21-12-15-27-29(16-21)39-19-38-27)33-31(35)24(18-30(34)32-26)20-8-4-3-5-9-20/h3-9,12-17,24-26H,10-11,18-19H2,1-2H3,(H,32,34)(H,33,35)/b7-6-/t24-,25+,26-/m0/s1. The molecule has 8 nitrogen and oxygen atoms in total. The van der Waals surface area contributed by atoms with Crippen LogP contribution in [0.4, 0.5) is 0 Å². The van der Waals surface area contributed by atoms with Crippen molar-refractivity contribution < 1.29 is 28.5 Å². The van der Waals surface area contributed by atoms with Crippen LogP contribution in [0, 0.1) is 0 Å². The maximum absolute atomic E-state index is 13.7. The minimum Gasteiger partial charge on any atom is -0.497 e. The average Bonchev–Trinajstić information content (AvgIpc) is 3.44. The summed E-state index contributed by atoms with van der Waals surface area (Å²) in [6.45, 7) is 0.178. The molecule has 2 aliphatic heterocycles. The second-order valence-electron chi connectivity index (χ2n) is 9.51. The highest BCUT2D eigenvalue weighted by Gasteiger charge is 2.29. The Morgan fingerprint density at radius 3 is 2.31 bits per heavy atom. The van der Waals surface area contributed by atoms with Crippen molar-refractivity contribution in [3.8, 4) is 23.0 Å². The number of methoxy groups -OCH3 is 2. The molecule has 0 radical (unpaired) electrons. The molecule has 3 aromatic rings. The number of nitrogens with one attached hydrogen (secondary N) is 2. The van der Waals surface area contributed by atoms with E-state index in [1.54, 1.807) is 20.3 Å². The molecule has 3 atom stereocenters. The first kappa shape index (κ1) is 26.2. The second-order valence-corrected chi connectivity index (χ2v) is 9.51. The molecule has 0 aliphatic carbocycles. The van der Waals surface area contributed by atoms with Crippen LogP contribution in [0.2, 0.25) is 0 Å². The van der Waals surface area contributed by atoms with Gasteiger partial charge in [-0.05, 0) is 48.2 Å². The van der Waals surface area contributed by atoms with Crippen LogP contribution in [0.15, 0.2) is 78.9 Å². The number of hydrogen-bond donors (Lipinski definition) is 2. The van der Waals surface area contributed by atoms with Gasteiger partial charge >= 0.3 is 0 Å². The lowest BCUT2D eigenvalue weighted by Gasteiger charge is -2.26. The van der Waals surface area contributed by atoms with Crippen LogP contribution in [-0.2, 0) is 9.59 Å². The van der Waals surface area contributed by atoms with Gasteiger partial charge in [0.15, 0.2) is 11.5 Å². The maximum Gasteiger partial charge on any atom is 0.231 e. The van der Waals surface area contributed by atoms with Crippen LogP contribution in [0.3, 0.4) is 0 Å². The maximum atomic E-state index is 13.7. The first-order valence-electron chi connectivity index (χ1n) is 13.0. The normalized spacial score (nSPS) is 22.1. The summed E-state index contributed by atoms with van der Waals surface area (Å²) in [5, 5.41) is 6.32. The molecule has 0 fully saturated rings. The third-order valence-electron chi connectivity index (χ3n) is 7.08. The van der Waals surface area contributed by atoms with Crippen molar-refractivity contribution >= 4 is 11.8 Å². The summed E-state index contributed by atoms with van der Waals surface area (Å²) in [5.74, 6) is 1.52. The number of fused-ring (bicyclic) bond motifs is 1. The zero-order valence-corrected chi connectivity index (χ0v) is 22.0. The van der Waals surface area contributed by atoms with Crippen LogP contribution < -0.4 is 29.6 Å². The summed E-state index contributed by atoms with van der Waals surface area (Å²) in [6, 6.07) is 20.0. The van der Waals surface area contributed by atoms with Gasteiger partial charge in [-0.25, -0.2) is 0 Å². The molecule has 2 heterocycles. The van der Waals surface area contributed by atoms with E-state index in [4.69, 9.17) is 18.9 Å². The molecule has 0 spiro atoms. The fraction of sp³-hybridized carbons (Fsp3) is 0.290. The van der Waals surface area contributed by atoms with E-state index in [2.05, 4.69) is 10.6 Å². The lowest BCUT2D eigenvalue weighted by atomic mass is 9.92. The lowest BCUT2D eigenvalue weighted by molar-refractivity contribution is -0.128. The fourth-order valence-electron chi connectivity index (χ4n) is 5.00. The Bertz CT molecular complexity index is 1360. The number of benzene rings is 3. The predicted molar refractivity (Wildman–Crippen MR) is 146 cm³/mol. The van der Waals surface area contributed by atoms with E-state index >= 15 is 0 Å². The number of carbonyl (C=O) groups is 2. The Labute approximate surface area is 227 Å². The first-order chi connectivity index (χ1) is 19.1. The van der Waals surface area contributed by atoms with E-state index in [9.17, 15) is 9.59 Å². The van der Waals surface area contributed by atoms with E-state index in [-0.39, 0.29) is 37.1 Å². The van der Waals surface area contributed by atoms with Gasteiger partial charge < -0.3 is 29.6 Å². The molecule has 3 aromatic carbocycles. The Balaban J connectivity index is 1.49. The molecule has 2 aliphatic rings. The van der Waals surface area contributed by atoms with E-state index in [1.807, 2.05) is 72.8 Å². The second kappa shape index (κ2) is 11.9. The number of rotatable bonds is 5. The van der Waals surface area contributed by atoms with Crippen molar-refractivity contribution in [1.82, 2.24) is 10.6 Å². The van der Waals surface area contributed by atoms with Gasteiger partial charge in [0.25, 0.3) is 0 Å². The molecule has 0 saturated heterocycles. The summed E-state index contributed by atoms with van der Waals surface area (Å²) in [4.78, 5) is 27.1. The molecule has 2 N–H and O–H groups in total. The number of amides is 2. The SMILES string of the molecule is COc1ccc([C@@H]2C/C=C\C[C@H](c3ccc4c(c3)OCO4)NC(=O)[C@H](c3ccccc3)CC(=O)N2)c(OC)c1. The summed E-state index contributed by atoms with van der Waals surface area (Å²) in [5.41, 5.74) is 2.51. The van der Waals surface area contributed by atoms with Gasteiger partial charge in [-0.15, -0.1) is 0 Å². The van der Waals surface area contributed by atoms with Crippen molar-refractivity contribution in [2.24, 2.45) is 0 Å². The largest absolute Gasteiger partial charge is 0.497 e. The van der Waals surface area contributed by atoms with Gasteiger partial charge in [0, 0.05) is 18.1 Å². The highest BCUT2D eigenvalue weighted by molar-refractivity contribution is 5.90. The molecular formula is C31H32N2O6. The summed E-state index contributed by atoms with van der Waals surface area (Å²) in [7, 11) is 3.19. The molecule has 0 unspecified atom stereocenters. The zero-order valence-electron chi connectivity index (χ0n) is 22.0. The third kappa shape index (κ3) is 6.00. The smallest absolute Gasteiger partial charge is 0.231 e. The van der Waals surface area contributed by atoms with Crippen LogP contribution in [-0.4, -0.2) is 32.8 Å². The van der Waals surface area contributed by atoms with E-state index < -0.39 is 5.92 Å². The Kier molecular flexibility index (Phi) is 8.01. The van der Waals surface area contributed by atoms with Crippen LogP contribution in [0.1, 0.15) is 54.0 Å². The molecule has 2 amide bonds. The van der Waals surface area contributed by atoms with Crippen LogP contribution in [0.25, 0.3) is 0 Å². The monoisotopic (exact) mass is 528 g/mol. The van der Waals surface area contributed by atoms with E-state index in [0.717, 1.165) is 16.7 Å². The van der Waals surface area contributed by atoms with E-state index in [0.29, 0.717) is 35.8 Å². The quantitative estimate of drug-likeness (QED) is 0.454. The van der Waals surface area contributed by atoms with Gasteiger partial charge in [0.1, 0.15) is 11.5 Å². The number of carbonyl (C=O) groups excluding carboxylic acids is 2. The third-order valence-corrected chi connectivity index (χ3v) is 7.08. The predicted octanol–water partition coefficient (Wildman–Crippen LogP) is 4.97. The number of hydrogen-bond acceptors (Lipinski definition) is 6. The zero-order chi connectivity index (χ0) is 27.2. The summed E-state index contributed by atoms with van der Waals surface area (Å²) < 4.78 is 22.0. The minimum atomic E-state index is -0.662. The van der Waals surface area contributed by atoms with Crippen molar-refractivity contribution in [2.45, 2.75) is 37.3 Å². The molecule has 39 heavy (non-hydrogen) atoms. The Morgan fingerprint density at radius 1 is 0.769 bits per heavy atom. The summed E-state index contributed by atoms with van der Waals surface area (Å²) in [6.07, 6.45) is 5.17. The van der Waals surface area contributed by atoms with Crippen molar-refractivity contribution in [3.63, 3.8) is 0 Å². The molecule has 0 aromatic heterocycles. The number of ether oxygens (including phenoxy) is 4. The average molecular weight is 529 g/mol. The topological polar surface area (TPSA) is 95.1 Å². The fourth-order valence-corrected chi connectivity index (χ4v) is 5.00. The molecule has 0 saturated carbocycles. The van der Waals surface area contributed by atoms with Gasteiger partial charge in [-0.3, -0.25) is 9.59 Å². The van der Waals surface area contributed by atoms with Gasteiger partial charge in [0.05, 0.1) is 32.2 Å². The minimum absolute atomic E-state index is 0.00237. The van der Waals surface area contributed by atoms with Crippen LogP contribution in [0.5, 0.6) is 23.0 Å². The van der Waals surface area contributed by atoms with E-state index in [1.165, 1.54) is 0 Å². The molecule has 5 rings (SSSR count). The Morgan fingerprint density at radius 2 is 1.54 bits per heavy atom.